The number of carbonyl (C=O) groups excluding carboxylic acids is 2. The van der Waals surface area contributed by atoms with Crippen LogP contribution in [0.25, 0.3) is 0 Å². The van der Waals surface area contributed by atoms with Crippen LogP contribution in [0.1, 0.15) is 23.6 Å². The molecular weight excluding hydrogens is 335 g/mol. The van der Waals surface area contributed by atoms with Gasteiger partial charge in [-0.2, -0.15) is 0 Å². The first-order chi connectivity index (χ1) is 11.5. The van der Waals surface area contributed by atoms with Gasteiger partial charge in [-0.15, -0.1) is 0 Å². The van der Waals surface area contributed by atoms with E-state index < -0.39 is 23.9 Å². The molecule has 2 rings (SSSR count). The molecule has 2 aromatic rings. The number of halogens is 2. The fourth-order valence-electron chi connectivity index (χ4n) is 2.12. The number of nitrogens with one attached hydrogen (secondary N) is 1. The maximum atomic E-state index is 13.5. The Kier molecular flexibility index (Phi) is 6.14. The highest BCUT2D eigenvalue weighted by Crippen LogP contribution is 2.20. The van der Waals surface area contributed by atoms with Gasteiger partial charge in [0.05, 0.1) is 12.5 Å². The monoisotopic (exact) mass is 350 g/mol. The first-order valence-electron chi connectivity index (χ1n) is 7.16. The van der Waals surface area contributed by atoms with Crippen LogP contribution in [-0.2, 0) is 16.1 Å². The van der Waals surface area contributed by atoms with E-state index in [-0.39, 0.29) is 18.6 Å². The summed E-state index contributed by atoms with van der Waals surface area (Å²) in [5.41, 5.74) is 6.07. The van der Waals surface area contributed by atoms with Gasteiger partial charge in [-0.05, 0) is 23.8 Å². The molecule has 0 heterocycles. The Morgan fingerprint density at radius 2 is 1.83 bits per heavy atom. The number of esters is 1. The van der Waals surface area contributed by atoms with Gasteiger partial charge in [0.15, 0.2) is 0 Å². The van der Waals surface area contributed by atoms with Gasteiger partial charge in [0, 0.05) is 10.6 Å². The van der Waals surface area contributed by atoms with Crippen LogP contribution in [0.5, 0.6) is 0 Å². The third kappa shape index (κ3) is 5.24. The number of benzene rings is 2. The number of primary amides is 1. The number of urea groups is 1. The lowest BCUT2D eigenvalue weighted by molar-refractivity contribution is -0.145. The van der Waals surface area contributed by atoms with Crippen LogP contribution in [0.4, 0.5) is 9.18 Å². The zero-order valence-corrected chi connectivity index (χ0v) is 13.4. The maximum absolute atomic E-state index is 13.5. The molecule has 2 aromatic carbocycles. The molecule has 0 saturated heterocycles. The normalized spacial score (nSPS) is 11.6. The zero-order valence-electron chi connectivity index (χ0n) is 12.7. The van der Waals surface area contributed by atoms with Crippen LogP contribution < -0.4 is 11.1 Å². The lowest BCUT2D eigenvalue weighted by Gasteiger charge is -2.17. The van der Waals surface area contributed by atoms with E-state index in [2.05, 4.69) is 5.32 Å². The van der Waals surface area contributed by atoms with E-state index in [1.165, 1.54) is 12.1 Å². The lowest BCUT2D eigenvalue weighted by atomic mass is 10.0. The molecule has 126 valence electrons. The van der Waals surface area contributed by atoms with Crippen molar-refractivity contribution in [3.8, 4) is 0 Å². The molecule has 2 amide bonds. The third-order valence-electron chi connectivity index (χ3n) is 3.31. The molecular formula is C17H16ClFN2O3. The highest BCUT2D eigenvalue weighted by Gasteiger charge is 2.19. The Bertz CT molecular complexity index is 722. The van der Waals surface area contributed by atoms with Crippen LogP contribution >= 0.6 is 11.6 Å². The molecule has 5 nitrogen and oxygen atoms in total. The summed E-state index contributed by atoms with van der Waals surface area (Å²) < 4.78 is 18.6. The molecule has 1 atom stereocenters. The highest BCUT2D eigenvalue weighted by molar-refractivity contribution is 6.30. The molecule has 7 heteroatoms. The van der Waals surface area contributed by atoms with Crippen molar-refractivity contribution in [3.63, 3.8) is 0 Å². The van der Waals surface area contributed by atoms with E-state index in [1.54, 1.807) is 36.4 Å². The number of carbonyl (C=O) groups is 2. The maximum Gasteiger partial charge on any atom is 0.312 e. The summed E-state index contributed by atoms with van der Waals surface area (Å²) in [6, 6.07) is 11.2. The summed E-state index contributed by atoms with van der Waals surface area (Å²) in [6.07, 6.45) is -0.140. The fraction of sp³-hybridized carbons (Fsp3) is 0.176. The van der Waals surface area contributed by atoms with E-state index in [0.29, 0.717) is 10.6 Å². The van der Waals surface area contributed by atoms with Gasteiger partial charge in [0.1, 0.15) is 12.4 Å². The van der Waals surface area contributed by atoms with Gasteiger partial charge in [-0.3, -0.25) is 4.79 Å². The summed E-state index contributed by atoms with van der Waals surface area (Å²) in [7, 11) is 0. The Hall–Kier alpha value is -2.60. The number of nitrogens with two attached hydrogens (primary N) is 1. The van der Waals surface area contributed by atoms with E-state index >= 15 is 0 Å². The first kappa shape index (κ1) is 17.7. The standard InChI is InChI=1S/C17H16ClFN2O3/c18-13-7-5-11(6-8-13)15(21-17(20)23)9-16(22)24-10-12-3-1-2-4-14(12)19/h1-8,15H,9-10H2,(H3,20,21,23)/t15-/m1/s1. The van der Waals surface area contributed by atoms with Crippen molar-refractivity contribution < 1.29 is 18.7 Å². The highest BCUT2D eigenvalue weighted by atomic mass is 35.5. The number of hydrogen-bond acceptors (Lipinski definition) is 3. The molecule has 0 spiro atoms. The smallest absolute Gasteiger partial charge is 0.312 e. The largest absolute Gasteiger partial charge is 0.461 e. The van der Waals surface area contributed by atoms with Crippen molar-refractivity contribution in [1.82, 2.24) is 5.32 Å². The molecule has 3 N–H and O–H groups in total. The number of rotatable bonds is 6. The molecule has 0 radical (unpaired) electrons. The molecule has 0 fully saturated rings. The average Bonchev–Trinajstić information content (AvgIpc) is 2.54. The molecule has 0 aliphatic heterocycles. The van der Waals surface area contributed by atoms with Crippen molar-refractivity contribution in [2.75, 3.05) is 0 Å². The SMILES string of the molecule is NC(=O)N[C@H](CC(=O)OCc1ccccc1F)c1ccc(Cl)cc1. The second kappa shape index (κ2) is 8.31. The van der Waals surface area contributed by atoms with Crippen molar-refractivity contribution in [1.29, 1.82) is 0 Å². The second-order valence-corrected chi connectivity index (χ2v) is 5.51. The molecule has 24 heavy (non-hydrogen) atoms. The van der Waals surface area contributed by atoms with Crippen LogP contribution in [0, 0.1) is 5.82 Å². The van der Waals surface area contributed by atoms with Crippen molar-refractivity contribution in [2.45, 2.75) is 19.1 Å². The molecule has 0 aliphatic rings. The predicted octanol–water partition coefficient (Wildman–Crippen LogP) is 3.32. The third-order valence-corrected chi connectivity index (χ3v) is 3.56. The molecule has 0 bridgehead atoms. The van der Waals surface area contributed by atoms with Crippen LogP contribution in [0.15, 0.2) is 48.5 Å². The topological polar surface area (TPSA) is 81.4 Å². The number of ether oxygens (including phenoxy) is 1. The first-order valence-corrected chi connectivity index (χ1v) is 7.54. The van der Waals surface area contributed by atoms with Crippen molar-refractivity contribution >= 4 is 23.6 Å². The second-order valence-electron chi connectivity index (χ2n) is 5.07. The van der Waals surface area contributed by atoms with Gasteiger partial charge in [-0.1, -0.05) is 41.9 Å². The average molecular weight is 351 g/mol. The van der Waals surface area contributed by atoms with Crippen LogP contribution in [0.3, 0.4) is 0 Å². The Morgan fingerprint density at radius 1 is 1.17 bits per heavy atom. The van der Waals surface area contributed by atoms with Crippen molar-refractivity contribution in [3.05, 3.63) is 70.5 Å². The van der Waals surface area contributed by atoms with Gasteiger partial charge < -0.3 is 15.8 Å². The molecule has 0 aromatic heterocycles. The molecule has 0 aliphatic carbocycles. The van der Waals surface area contributed by atoms with Gasteiger partial charge >= 0.3 is 12.0 Å². The Balaban J connectivity index is 2.00. The van der Waals surface area contributed by atoms with E-state index in [0.717, 1.165) is 0 Å². The minimum Gasteiger partial charge on any atom is -0.461 e. The van der Waals surface area contributed by atoms with E-state index in [9.17, 15) is 14.0 Å². The summed E-state index contributed by atoms with van der Waals surface area (Å²) in [6.45, 7) is -0.185. The summed E-state index contributed by atoms with van der Waals surface area (Å²) in [5, 5.41) is 3.00. The lowest BCUT2D eigenvalue weighted by Crippen LogP contribution is -2.34. The summed E-state index contributed by atoms with van der Waals surface area (Å²) in [4.78, 5) is 23.1. The zero-order chi connectivity index (χ0) is 17.5. The molecule has 0 saturated carbocycles. The Labute approximate surface area is 143 Å². The molecule has 0 unspecified atom stereocenters. The van der Waals surface area contributed by atoms with Crippen LogP contribution in [-0.4, -0.2) is 12.0 Å². The summed E-state index contributed by atoms with van der Waals surface area (Å²) >= 11 is 5.82. The number of amides is 2. The Morgan fingerprint density at radius 3 is 2.46 bits per heavy atom. The van der Waals surface area contributed by atoms with Gasteiger partial charge in [0.2, 0.25) is 0 Å². The fourth-order valence-corrected chi connectivity index (χ4v) is 2.24. The summed E-state index contributed by atoms with van der Waals surface area (Å²) in [5.74, 6) is -1.04. The number of hydrogen-bond donors (Lipinski definition) is 2. The minimum absolute atomic E-state index is 0.140. The minimum atomic E-state index is -0.767. The van der Waals surface area contributed by atoms with Gasteiger partial charge in [-0.25, -0.2) is 9.18 Å². The van der Waals surface area contributed by atoms with E-state index in [4.69, 9.17) is 22.1 Å². The quantitative estimate of drug-likeness (QED) is 0.784. The van der Waals surface area contributed by atoms with Crippen molar-refractivity contribution in [2.24, 2.45) is 5.73 Å². The van der Waals surface area contributed by atoms with E-state index in [1.807, 2.05) is 0 Å². The van der Waals surface area contributed by atoms with Crippen LogP contribution in [0.2, 0.25) is 5.02 Å². The van der Waals surface area contributed by atoms with Gasteiger partial charge in [0.25, 0.3) is 0 Å². The predicted molar refractivity (Wildman–Crippen MR) is 87.7 cm³/mol.